The predicted octanol–water partition coefficient (Wildman–Crippen LogP) is 2.87. The van der Waals surface area contributed by atoms with Gasteiger partial charge in [0.1, 0.15) is 5.75 Å². The van der Waals surface area contributed by atoms with Gasteiger partial charge in [-0.3, -0.25) is 4.79 Å². The van der Waals surface area contributed by atoms with Crippen LogP contribution in [-0.2, 0) is 11.2 Å². The largest absolute Gasteiger partial charge is 0.507 e. The average molecular weight is 236 g/mol. The van der Waals surface area contributed by atoms with Gasteiger partial charge in [-0.1, -0.05) is 13.0 Å². The van der Waals surface area contributed by atoms with Crippen LogP contribution in [0, 0.1) is 5.92 Å². The molecule has 1 aromatic carbocycles. The summed E-state index contributed by atoms with van der Waals surface area (Å²) < 4.78 is 0.993. The molecule has 0 saturated carbocycles. The first-order chi connectivity index (χ1) is 7.58. The Hall–Kier alpha value is -1.55. The lowest BCUT2D eigenvalue weighted by atomic mass is 10.1. The third-order valence-electron chi connectivity index (χ3n) is 2.52. The third-order valence-corrected chi connectivity index (χ3v) is 3.64. The first kappa shape index (κ1) is 11.0. The molecule has 3 nitrogen and oxygen atoms in total. The summed E-state index contributed by atoms with van der Waals surface area (Å²) in [5, 5.41) is 19.3. The fourth-order valence-corrected chi connectivity index (χ4v) is 2.80. The van der Waals surface area contributed by atoms with Crippen LogP contribution in [0.3, 0.4) is 0 Å². The number of hydrogen-bond acceptors (Lipinski definition) is 3. The fourth-order valence-electron chi connectivity index (χ4n) is 1.59. The summed E-state index contributed by atoms with van der Waals surface area (Å²) in [6.45, 7) is 1.69. The van der Waals surface area contributed by atoms with E-state index in [0.717, 1.165) is 15.0 Å². The smallest absolute Gasteiger partial charge is 0.306 e. The molecule has 0 saturated heterocycles. The maximum absolute atomic E-state index is 10.7. The lowest BCUT2D eigenvalue weighted by molar-refractivity contribution is -0.141. The zero-order valence-electron chi connectivity index (χ0n) is 8.80. The third kappa shape index (κ3) is 2.02. The van der Waals surface area contributed by atoms with E-state index >= 15 is 0 Å². The number of carbonyl (C=O) groups is 1. The maximum atomic E-state index is 10.7. The van der Waals surface area contributed by atoms with Crippen molar-refractivity contribution in [3.63, 3.8) is 0 Å². The molecule has 1 atom stereocenters. The molecule has 0 aliphatic rings. The lowest BCUT2D eigenvalue weighted by Crippen LogP contribution is -2.11. The van der Waals surface area contributed by atoms with Gasteiger partial charge in [0.15, 0.2) is 0 Å². The molecular weight excluding hydrogens is 224 g/mol. The highest BCUT2D eigenvalue weighted by Crippen LogP contribution is 2.32. The number of aromatic hydroxyl groups is 1. The van der Waals surface area contributed by atoms with Gasteiger partial charge in [-0.25, -0.2) is 0 Å². The Kier molecular flexibility index (Phi) is 2.83. The molecule has 2 aromatic rings. The van der Waals surface area contributed by atoms with Gasteiger partial charge in [-0.05, 0) is 24.6 Å². The molecule has 0 radical (unpaired) electrons. The van der Waals surface area contributed by atoms with Crippen molar-refractivity contribution in [3.05, 3.63) is 29.1 Å². The van der Waals surface area contributed by atoms with E-state index in [1.54, 1.807) is 19.1 Å². The van der Waals surface area contributed by atoms with E-state index < -0.39 is 11.9 Å². The van der Waals surface area contributed by atoms with Gasteiger partial charge in [-0.2, -0.15) is 0 Å². The van der Waals surface area contributed by atoms with Crippen LogP contribution in [0.5, 0.6) is 5.75 Å². The van der Waals surface area contributed by atoms with Crippen molar-refractivity contribution in [2.24, 2.45) is 5.92 Å². The average Bonchev–Trinajstić information content (AvgIpc) is 2.61. The minimum absolute atomic E-state index is 0.253. The van der Waals surface area contributed by atoms with E-state index in [4.69, 9.17) is 5.11 Å². The second-order valence-electron chi connectivity index (χ2n) is 3.85. The second-order valence-corrected chi connectivity index (χ2v) is 5.01. The summed E-state index contributed by atoms with van der Waals surface area (Å²) in [5.41, 5.74) is 0. The summed E-state index contributed by atoms with van der Waals surface area (Å²) in [7, 11) is 0. The zero-order chi connectivity index (χ0) is 11.7. The number of phenols is 1. The number of aliphatic carboxylic acids is 1. The second kappa shape index (κ2) is 4.14. The number of benzene rings is 1. The molecule has 2 N–H and O–H groups in total. The molecular formula is C12H12O3S. The maximum Gasteiger partial charge on any atom is 0.306 e. The van der Waals surface area contributed by atoms with E-state index in [-0.39, 0.29) is 5.75 Å². The number of rotatable bonds is 3. The molecule has 84 valence electrons. The molecule has 1 heterocycles. The fraction of sp³-hybridized carbons (Fsp3) is 0.250. The molecule has 1 unspecified atom stereocenters. The van der Waals surface area contributed by atoms with Crippen LogP contribution < -0.4 is 0 Å². The van der Waals surface area contributed by atoms with Crippen LogP contribution >= 0.6 is 11.3 Å². The molecule has 1 aromatic heterocycles. The van der Waals surface area contributed by atoms with E-state index in [1.807, 2.05) is 12.1 Å². The summed E-state index contributed by atoms with van der Waals surface area (Å²) >= 11 is 1.53. The highest BCUT2D eigenvalue weighted by Gasteiger charge is 2.14. The predicted molar refractivity (Wildman–Crippen MR) is 64.0 cm³/mol. The Morgan fingerprint density at radius 1 is 1.50 bits per heavy atom. The number of carboxylic acids is 1. The topological polar surface area (TPSA) is 57.5 Å². The van der Waals surface area contributed by atoms with Gasteiger partial charge in [0.2, 0.25) is 0 Å². The SMILES string of the molecule is CC(Cc1cc2c(O)cccc2s1)C(=O)O. The summed E-state index contributed by atoms with van der Waals surface area (Å²) in [5.74, 6) is -0.931. The van der Waals surface area contributed by atoms with Crippen LogP contribution in [0.15, 0.2) is 24.3 Å². The van der Waals surface area contributed by atoms with Crippen molar-refractivity contribution in [2.45, 2.75) is 13.3 Å². The Labute approximate surface area is 97.0 Å². The van der Waals surface area contributed by atoms with Crippen LogP contribution in [0.1, 0.15) is 11.8 Å². The Morgan fingerprint density at radius 2 is 2.25 bits per heavy atom. The van der Waals surface area contributed by atoms with Crippen LogP contribution in [0.4, 0.5) is 0 Å². The van der Waals surface area contributed by atoms with Gasteiger partial charge in [0.05, 0.1) is 5.92 Å². The number of fused-ring (bicyclic) bond motifs is 1. The van der Waals surface area contributed by atoms with Crippen molar-refractivity contribution in [1.29, 1.82) is 0 Å². The molecule has 0 fully saturated rings. The number of phenolic OH excluding ortho intramolecular Hbond substituents is 1. The lowest BCUT2D eigenvalue weighted by Gasteiger charge is -2.01. The summed E-state index contributed by atoms with van der Waals surface area (Å²) in [6, 6.07) is 7.22. The molecule has 0 amide bonds. The highest BCUT2D eigenvalue weighted by atomic mass is 32.1. The van der Waals surface area contributed by atoms with Gasteiger partial charge < -0.3 is 10.2 Å². The molecule has 0 aliphatic carbocycles. The van der Waals surface area contributed by atoms with Crippen molar-refractivity contribution in [2.75, 3.05) is 0 Å². The van der Waals surface area contributed by atoms with Gasteiger partial charge in [-0.15, -0.1) is 11.3 Å². The van der Waals surface area contributed by atoms with E-state index in [2.05, 4.69) is 0 Å². The Bertz CT molecular complexity index is 530. The van der Waals surface area contributed by atoms with E-state index in [9.17, 15) is 9.90 Å². The van der Waals surface area contributed by atoms with Gasteiger partial charge in [0, 0.05) is 15.0 Å². The number of thiophene rings is 1. The van der Waals surface area contributed by atoms with E-state index in [1.165, 1.54) is 11.3 Å². The van der Waals surface area contributed by atoms with Crippen molar-refractivity contribution >= 4 is 27.4 Å². The molecule has 0 bridgehead atoms. The van der Waals surface area contributed by atoms with Gasteiger partial charge >= 0.3 is 5.97 Å². The van der Waals surface area contributed by atoms with E-state index in [0.29, 0.717) is 6.42 Å². The Balaban J connectivity index is 2.33. The minimum Gasteiger partial charge on any atom is -0.507 e. The first-order valence-electron chi connectivity index (χ1n) is 5.01. The normalized spacial score (nSPS) is 12.8. The standard InChI is InChI=1S/C12H12O3S/c1-7(12(14)15)5-8-6-9-10(13)3-2-4-11(9)16-8/h2-4,6-7,13H,5H2,1H3,(H,14,15). The first-order valence-corrected chi connectivity index (χ1v) is 5.83. The van der Waals surface area contributed by atoms with Crippen LogP contribution in [-0.4, -0.2) is 16.2 Å². The van der Waals surface area contributed by atoms with Crippen molar-refractivity contribution in [3.8, 4) is 5.75 Å². The quantitative estimate of drug-likeness (QED) is 0.861. The molecule has 16 heavy (non-hydrogen) atoms. The zero-order valence-corrected chi connectivity index (χ0v) is 9.62. The van der Waals surface area contributed by atoms with Crippen LogP contribution in [0.25, 0.3) is 10.1 Å². The molecule has 4 heteroatoms. The molecule has 0 spiro atoms. The summed E-state index contributed by atoms with van der Waals surface area (Å²) in [6.07, 6.45) is 0.508. The number of carboxylic acid groups (broad SMARTS) is 1. The summed E-state index contributed by atoms with van der Waals surface area (Å²) in [4.78, 5) is 11.7. The van der Waals surface area contributed by atoms with Gasteiger partial charge in [0.25, 0.3) is 0 Å². The molecule has 2 rings (SSSR count). The Morgan fingerprint density at radius 3 is 2.88 bits per heavy atom. The minimum atomic E-state index is -0.790. The number of hydrogen-bond donors (Lipinski definition) is 2. The van der Waals surface area contributed by atoms with Crippen molar-refractivity contribution in [1.82, 2.24) is 0 Å². The monoisotopic (exact) mass is 236 g/mol. The highest BCUT2D eigenvalue weighted by molar-refractivity contribution is 7.19. The van der Waals surface area contributed by atoms with Crippen molar-refractivity contribution < 1.29 is 15.0 Å². The molecule has 0 aliphatic heterocycles. The van der Waals surface area contributed by atoms with Crippen LogP contribution in [0.2, 0.25) is 0 Å².